The lowest BCUT2D eigenvalue weighted by atomic mass is 10.1. The minimum atomic E-state index is -3.72. The molecule has 0 aromatic carbocycles. The van der Waals surface area contributed by atoms with Crippen LogP contribution in [0.25, 0.3) is 0 Å². The lowest BCUT2D eigenvalue weighted by molar-refractivity contribution is -0.00515. The molecule has 18 heavy (non-hydrogen) atoms. The number of nitrogens with one attached hydrogen (secondary N) is 1. The highest BCUT2D eigenvalue weighted by Gasteiger charge is 2.26. The van der Waals surface area contributed by atoms with Crippen LogP contribution in [0.4, 0.5) is 0 Å². The van der Waals surface area contributed by atoms with E-state index in [2.05, 4.69) is 9.71 Å². The summed E-state index contributed by atoms with van der Waals surface area (Å²) >= 11 is 5.85. The smallest absolute Gasteiger partial charge is 0.261 e. The van der Waals surface area contributed by atoms with Crippen LogP contribution in [-0.4, -0.2) is 36.7 Å². The molecule has 0 aliphatic carbocycles. The third kappa shape index (κ3) is 3.68. The molecule has 1 aromatic heterocycles. The SMILES string of the molecule is CCOC(C)(C)CNS(=O)(=O)c1ncn(C)c1Cl. The van der Waals surface area contributed by atoms with E-state index in [-0.39, 0.29) is 16.7 Å². The van der Waals surface area contributed by atoms with Gasteiger partial charge in [-0.15, -0.1) is 0 Å². The fraction of sp³-hybridized carbons (Fsp3) is 0.700. The zero-order valence-corrected chi connectivity index (χ0v) is 12.5. The van der Waals surface area contributed by atoms with E-state index >= 15 is 0 Å². The van der Waals surface area contributed by atoms with Crippen molar-refractivity contribution >= 4 is 21.6 Å². The molecule has 0 bridgehead atoms. The van der Waals surface area contributed by atoms with Crippen LogP contribution in [0.5, 0.6) is 0 Å². The van der Waals surface area contributed by atoms with Crippen LogP contribution in [0, 0.1) is 0 Å². The zero-order valence-electron chi connectivity index (χ0n) is 10.9. The Labute approximate surface area is 112 Å². The second kappa shape index (κ2) is 5.56. The largest absolute Gasteiger partial charge is 0.375 e. The Bertz CT molecular complexity index is 510. The minimum Gasteiger partial charge on any atom is -0.375 e. The van der Waals surface area contributed by atoms with Crippen LogP contribution in [0.15, 0.2) is 11.4 Å². The Morgan fingerprint density at radius 3 is 2.61 bits per heavy atom. The average molecular weight is 296 g/mol. The van der Waals surface area contributed by atoms with E-state index in [1.807, 2.05) is 6.92 Å². The van der Waals surface area contributed by atoms with E-state index in [4.69, 9.17) is 16.3 Å². The van der Waals surface area contributed by atoms with Crippen molar-refractivity contribution in [1.82, 2.24) is 14.3 Å². The van der Waals surface area contributed by atoms with Crippen molar-refractivity contribution in [3.05, 3.63) is 11.5 Å². The van der Waals surface area contributed by atoms with Crippen LogP contribution in [0.2, 0.25) is 5.15 Å². The number of aryl methyl sites for hydroxylation is 1. The van der Waals surface area contributed by atoms with Crippen molar-refractivity contribution in [3.8, 4) is 0 Å². The molecule has 104 valence electrons. The van der Waals surface area contributed by atoms with Gasteiger partial charge in [0, 0.05) is 20.2 Å². The summed E-state index contributed by atoms with van der Waals surface area (Å²) in [4.78, 5) is 3.77. The first-order valence-corrected chi connectivity index (χ1v) is 7.36. The first-order valence-electron chi connectivity index (χ1n) is 5.50. The van der Waals surface area contributed by atoms with Gasteiger partial charge in [0.15, 0.2) is 0 Å². The molecule has 0 aliphatic heterocycles. The van der Waals surface area contributed by atoms with Gasteiger partial charge in [-0.2, -0.15) is 0 Å². The molecule has 1 rings (SSSR count). The van der Waals surface area contributed by atoms with Gasteiger partial charge in [0.1, 0.15) is 5.15 Å². The predicted molar refractivity (Wildman–Crippen MR) is 69.1 cm³/mol. The third-order valence-corrected chi connectivity index (χ3v) is 4.20. The Morgan fingerprint density at radius 2 is 2.17 bits per heavy atom. The molecule has 1 N–H and O–H groups in total. The second-order valence-electron chi connectivity index (χ2n) is 4.47. The standard InChI is InChI=1S/C10H18ClN3O3S/c1-5-17-10(2,3)6-13-18(15,16)9-8(11)14(4)7-12-9/h7,13H,5-6H2,1-4H3. The summed E-state index contributed by atoms with van der Waals surface area (Å²) < 4.78 is 33.3. The van der Waals surface area contributed by atoms with Gasteiger partial charge >= 0.3 is 0 Å². The number of hydrogen-bond acceptors (Lipinski definition) is 4. The highest BCUT2D eigenvalue weighted by Crippen LogP contribution is 2.19. The van der Waals surface area contributed by atoms with Crippen molar-refractivity contribution < 1.29 is 13.2 Å². The molecular formula is C10H18ClN3O3S. The van der Waals surface area contributed by atoms with Gasteiger partial charge in [-0.1, -0.05) is 11.6 Å². The molecule has 6 nitrogen and oxygen atoms in total. The Kier molecular flexibility index (Phi) is 4.77. The topological polar surface area (TPSA) is 73.2 Å². The second-order valence-corrected chi connectivity index (χ2v) is 6.51. The summed E-state index contributed by atoms with van der Waals surface area (Å²) in [6.45, 7) is 6.12. The van der Waals surface area contributed by atoms with Crippen LogP contribution >= 0.6 is 11.6 Å². The van der Waals surface area contributed by atoms with Crippen molar-refractivity contribution in [2.45, 2.75) is 31.4 Å². The Hall–Kier alpha value is -0.630. The van der Waals surface area contributed by atoms with Crippen LogP contribution in [-0.2, 0) is 21.8 Å². The van der Waals surface area contributed by atoms with Crippen molar-refractivity contribution in [2.75, 3.05) is 13.2 Å². The molecule has 0 aliphatic rings. The molecule has 1 heterocycles. The highest BCUT2D eigenvalue weighted by molar-refractivity contribution is 7.89. The maximum Gasteiger partial charge on any atom is 0.261 e. The van der Waals surface area contributed by atoms with Crippen LogP contribution in [0.1, 0.15) is 20.8 Å². The quantitative estimate of drug-likeness (QED) is 0.855. The van der Waals surface area contributed by atoms with Gasteiger partial charge in [0.2, 0.25) is 5.03 Å². The van der Waals surface area contributed by atoms with Gasteiger partial charge in [-0.05, 0) is 20.8 Å². The number of rotatable bonds is 6. The summed E-state index contributed by atoms with van der Waals surface area (Å²) in [5, 5.41) is -0.0873. The van der Waals surface area contributed by atoms with Gasteiger partial charge in [0.25, 0.3) is 10.0 Å². The van der Waals surface area contributed by atoms with Crippen LogP contribution in [0.3, 0.4) is 0 Å². The summed E-state index contributed by atoms with van der Waals surface area (Å²) in [5.41, 5.74) is -0.580. The van der Waals surface area contributed by atoms with Crippen molar-refractivity contribution in [2.24, 2.45) is 7.05 Å². The minimum absolute atomic E-state index is 0.0803. The molecule has 1 aromatic rings. The molecule has 0 saturated carbocycles. The lowest BCUT2D eigenvalue weighted by Crippen LogP contribution is -2.40. The van der Waals surface area contributed by atoms with E-state index in [0.717, 1.165) is 0 Å². The number of ether oxygens (including phenoxy) is 1. The van der Waals surface area contributed by atoms with Crippen molar-refractivity contribution in [3.63, 3.8) is 0 Å². The number of nitrogens with zero attached hydrogens (tertiary/aromatic N) is 2. The number of imidazole rings is 1. The molecule has 0 radical (unpaired) electrons. The maximum absolute atomic E-state index is 12.0. The number of aromatic nitrogens is 2. The summed E-state index contributed by atoms with van der Waals surface area (Å²) in [5.74, 6) is 0. The molecule has 0 amide bonds. The molecule has 0 unspecified atom stereocenters. The highest BCUT2D eigenvalue weighted by atomic mass is 35.5. The Balaban J connectivity index is 2.81. The summed E-state index contributed by atoms with van der Waals surface area (Å²) in [6, 6.07) is 0. The van der Waals surface area contributed by atoms with E-state index in [9.17, 15) is 8.42 Å². The monoisotopic (exact) mass is 295 g/mol. The molecule has 0 saturated heterocycles. The zero-order chi connectivity index (χ0) is 14.0. The summed E-state index contributed by atoms with van der Waals surface area (Å²) in [6.07, 6.45) is 1.35. The first-order chi connectivity index (χ1) is 8.19. The normalized spacial score (nSPS) is 12.9. The molecule has 0 spiro atoms. The van der Waals surface area contributed by atoms with E-state index in [0.29, 0.717) is 6.61 Å². The van der Waals surface area contributed by atoms with Gasteiger partial charge in [0.05, 0.1) is 11.9 Å². The molecule has 8 heteroatoms. The van der Waals surface area contributed by atoms with Crippen LogP contribution < -0.4 is 4.72 Å². The van der Waals surface area contributed by atoms with Crippen molar-refractivity contribution in [1.29, 1.82) is 0 Å². The number of hydrogen-bond donors (Lipinski definition) is 1. The van der Waals surface area contributed by atoms with Gasteiger partial charge in [-0.3, -0.25) is 0 Å². The third-order valence-electron chi connectivity index (χ3n) is 2.31. The Morgan fingerprint density at radius 1 is 1.56 bits per heavy atom. The molecule has 0 atom stereocenters. The maximum atomic E-state index is 12.0. The first kappa shape index (κ1) is 15.4. The van der Waals surface area contributed by atoms with E-state index in [1.165, 1.54) is 10.9 Å². The fourth-order valence-electron chi connectivity index (χ4n) is 1.35. The molecule has 0 fully saturated rings. The predicted octanol–water partition coefficient (Wildman–Crippen LogP) is 1.17. The van der Waals surface area contributed by atoms with E-state index < -0.39 is 15.6 Å². The van der Waals surface area contributed by atoms with Gasteiger partial charge < -0.3 is 9.30 Å². The molecular weight excluding hydrogens is 278 g/mol. The summed E-state index contributed by atoms with van der Waals surface area (Å²) in [7, 11) is -2.09. The number of sulfonamides is 1. The van der Waals surface area contributed by atoms with Gasteiger partial charge in [-0.25, -0.2) is 18.1 Å². The average Bonchev–Trinajstić information content (AvgIpc) is 2.58. The fourth-order valence-corrected chi connectivity index (χ4v) is 2.98. The number of halogens is 1. The lowest BCUT2D eigenvalue weighted by Gasteiger charge is -2.24. The van der Waals surface area contributed by atoms with E-state index in [1.54, 1.807) is 20.9 Å².